The number of hydrogen-bond acceptors (Lipinski definition) is 7. The fourth-order valence-corrected chi connectivity index (χ4v) is 8.68. The summed E-state index contributed by atoms with van der Waals surface area (Å²) in [7, 11) is 2.76. The molecular formula is C34H29Cl2N3O6. The minimum Gasteiger partial charge on any atom is -0.508 e. The van der Waals surface area contributed by atoms with Crippen LogP contribution in [0.25, 0.3) is 0 Å². The van der Waals surface area contributed by atoms with Crippen molar-refractivity contribution in [3.8, 4) is 11.5 Å². The molecule has 4 amide bonds. The second kappa shape index (κ2) is 10.4. The summed E-state index contributed by atoms with van der Waals surface area (Å²) in [6.07, 6.45) is 1.99. The highest BCUT2D eigenvalue weighted by atomic mass is 35.5. The summed E-state index contributed by atoms with van der Waals surface area (Å²) in [5, 5.41) is 13.5. The molecule has 6 atom stereocenters. The Morgan fingerprint density at radius 2 is 1.58 bits per heavy atom. The van der Waals surface area contributed by atoms with Crippen LogP contribution in [0, 0.1) is 17.8 Å². The summed E-state index contributed by atoms with van der Waals surface area (Å²) in [6, 6.07) is 21.1. The zero-order valence-corrected chi connectivity index (χ0v) is 25.9. The summed E-state index contributed by atoms with van der Waals surface area (Å²) in [5.74, 6) is -5.02. The number of halogens is 2. The van der Waals surface area contributed by atoms with Crippen LogP contribution in [0.5, 0.6) is 11.5 Å². The van der Waals surface area contributed by atoms with Gasteiger partial charge in [-0.3, -0.25) is 29.0 Å². The molecule has 4 aliphatic rings. The number of imide groups is 2. The first kappa shape index (κ1) is 29.4. The number of phenols is 1. The lowest BCUT2D eigenvalue weighted by molar-refractivity contribution is -0.138. The van der Waals surface area contributed by atoms with Crippen LogP contribution in [0.15, 0.2) is 84.4 Å². The fraction of sp³-hybridized carbons (Fsp3) is 0.294. The van der Waals surface area contributed by atoms with Crippen molar-refractivity contribution in [2.75, 3.05) is 24.4 Å². The Balaban J connectivity index is 1.29. The van der Waals surface area contributed by atoms with Crippen LogP contribution < -0.4 is 15.0 Å². The molecule has 2 aliphatic heterocycles. The molecule has 2 N–H and O–H groups in total. The zero-order chi connectivity index (χ0) is 31.8. The SMILES string of the molecule is COc1cc(O)ccc1[C@H]1C2=CC[C@@H]3C(=O)N(c4ccc(Nc5ccccc5)cc4)C(=O)[C@@H]3[C@@H]2C[C@@]2(Cl)C(=O)N(C)C(=O)[C@@]12Cl. The lowest BCUT2D eigenvalue weighted by Crippen LogP contribution is -2.60. The van der Waals surface area contributed by atoms with Gasteiger partial charge in [0.1, 0.15) is 11.5 Å². The molecule has 0 bridgehead atoms. The topological polar surface area (TPSA) is 116 Å². The van der Waals surface area contributed by atoms with Crippen molar-refractivity contribution in [1.82, 2.24) is 4.90 Å². The molecular weight excluding hydrogens is 617 g/mol. The first-order valence-electron chi connectivity index (χ1n) is 14.6. The van der Waals surface area contributed by atoms with Gasteiger partial charge in [-0.2, -0.15) is 0 Å². The Morgan fingerprint density at radius 1 is 0.889 bits per heavy atom. The maximum atomic E-state index is 14.2. The molecule has 3 aromatic carbocycles. The molecule has 7 rings (SSSR count). The second-order valence-electron chi connectivity index (χ2n) is 12.0. The number of alkyl halides is 2. The van der Waals surface area contributed by atoms with E-state index in [0.29, 0.717) is 16.8 Å². The molecule has 45 heavy (non-hydrogen) atoms. The first-order valence-corrected chi connectivity index (χ1v) is 15.3. The minimum absolute atomic E-state index is 0.0652. The van der Waals surface area contributed by atoms with Crippen LogP contribution in [0.2, 0.25) is 0 Å². The predicted octanol–water partition coefficient (Wildman–Crippen LogP) is 5.34. The summed E-state index contributed by atoms with van der Waals surface area (Å²) in [4.78, 5) is 53.8. The van der Waals surface area contributed by atoms with E-state index in [0.717, 1.165) is 16.3 Å². The third-order valence-electron chi connectivity index (χ3n) is 9.73. The van der Waals surface area contributed by atoms with Gasteiger partial charge in [0.15, 0.2) is 9.75 Å². The number of methoxy groups -OCH3 is 1. The Hall–Kier alpha value is -4.34. The summed E-state index contributed by atoms with van der Waals surface area (Å²) >= 11 is 14.5. The number of phenolic OH excluding ortho intramolecular Hbond substituents is 1. The number of nitrogens with one attached hydrogen (secondary N) is 1. The normalized spacial score (nSPS) is 30.5. The average molecular weight is 647 g/mol. The van der Waals surface area contributed by atoms with Gasteiger partial charge in [-0.05, 0) is 61.2 Å². The maximum absolute atomic E-state index is 14.2. The number of ether oxygens (including phenoxy) is 1. The van der Waals surface area contributed by atoms with E-state index in [1.165, 1.54) is 31.2 Å². The van der Waals surface area contributed by atoms with E-state index >= 15 is 0 Å². The van der Waals surface area contributed by atoms with Gasteiger partial charge in [0.2, 0.25) is 11.8 Å². The van der Waals surface area contributed by atoms with Gasteiger partial charge in [0.25, 0.3) is 11.8 Å². The molecule has 1 saturated carbocycles. The number of amides is 4. The summed E-state index contributed by atoms with van der Waals surface area (Å²) in [5.41, 5.74) is 3.21. The highest BCUT2D eigenvalue weighted by Gasteiger charge is 2.76. The van der Waals surface area contributed by atoms with E-state index in [1.807, 2.05) is 36.4 Å². The lowest BCUT2D eigenvalue weighted by Gasteiger charge is -2.51. The van der Waals surface area contributed by atoms with Gasteiger partial charge in [-0.15, -0.1) is 23.2 Å². The number of benzene rings is 3. The Morgan fingerprint density at radius 3 is 2.27 bits per heavy atom. The molecule has 2 aliphatic carbocycles. The number of allylic oxidation sites excluding steroid dienone is 2. The van der Waals surface area contributed by atoms with E-state index in [1.54, 1.807) is 30.3 Å². The average Bonchev–Trinajstić information content (AvgIpc) is 3.37. The fourth-order valence-electron chi connectivity index (χ4n) is 7.66. The van der Waals surface area contributed by atoms with E-state index in [2.05, 4.69) is 5.32 Å². The number of anilines is 3. The highest BCUT2D eigenvalue weighted by molar-refractivity contribution is 6.53. The van der Waals surface area contributed by atoms with E-state index in [9.17, 15) is 24.3 Å². The quantitative estimate of drug-likeness (QED) is 0.219. The van der Waals surface area contributed by atoms with Crippen molar-refractivity contribution < 1.29 is 29.0 Å². The predicted molar refractivity (Wildman–Crippen MR) is 169 cm³/mol. The van der Waals surface area contributed by atoms with Crippen LogP contribution in [0.3, 0.4) is 0 Å². The van der Waals surface area contributed by atoms with E-state index in [4.69, 9.17) is 27.9 Å². The van der Waals surface area contributed by atoms with E-state index in [-0.39, 0.29) is 30.2 Å². The monoisotopic (exact) mass is 645 g/mol. The Labute approximate surface area is 269 Å². The van der Waals surface area contributed by atoms with Gasteiger partial charge in [-0.25, -0.2) is 0 Å². The number of para-hydroxylation sites is 1. The zero-order valence-electron chi connectivity index (χ0n) is 24.4. The molecule has 0 aromatic heterocycles. The molecule has 11 heteroatoms. The number of likely N-dealkylation sites (tertiary alicyclic amines) is 1. The highest BCUT2D eigenvalue weighted by Crippen LogP contribution is 2.66. The number of hydrogen-bond donors (Lipinski definition) is 2. The second-order valence-corrected chi connectivity index (χ2v) is 13.2. The third kappa shape index (κ3) is 4.06. The first-order chi connectivity index (χ1) is 21.5. The van der Waals surface area contributed by atoms with Gasteiger partial charge in [0, 0.05) is 36.0 Å². The third-order valence-corrected chi connectivity index (χ3v) is 11.1. The molecule has 230 valence electrons. The molecule has 3 fully saturated rings. The lowest BCUT2D eigenvalue weighted by atomic mass is 9.56. The number of aromatic hydroxyl groups is 1. The van der Waals surface area contributed by atoms with Crippen LogP contribution in [0.4, 0.5) is 17.1 Å². The molecule has 0 spiro atoms. The van der Waals surface area contributed by atoms with Gasteiger partial charge >= 0.3 is 0 Å². The standard InChI is InChI=1S/C34H29Cl2N3O6/c1-38-31(43)33(35)17-25-22(28(34(33,36)32(38)44)23-13-12-21(40)16-26(23)45-2)14-15-24-27(25)30(42)39(29(24)41)20-10-8-19(9-11-20)37-18-6-4-3-5-7-18/h3-14,16,24-25,27-28,37,40H,15,17H2,1-2H3/t24-,25+,27-,28+,33+,34-/m0/s1. The van der Waals surface area contributed by atoms with Crippen molar-refractivity contribution in [1.29, 1.82) is 0 Å². The van der Waals surface area contributed by atoms with Crippen molar-refractivity contribution in [2.45, 2.75) is 28.5 Å². The Bertz CT molecular complexity index is 1800. The summed E-state index contributed by atoms with van der Waals surface area (Å²) < 4.78 is 5.59. The minimum atomic E-state index is -1.94. The Kier molecular flexibility index (Phi) is 6.76. The van der Waals surface area contributed by atoms with Crippen molar-refractivity contribution >= 4 is 63.9 Å². The molecule has 3 aromatic rings. The van der Waals surface area contributed by atoms with E-state index < -0.39 is 51.1 Å². The van der Waals surface area contributed by atoms with Gasteiger partial charge in [0.05, 0.1) is 24.6 Å². The van der Waals surface area contributed by atoms with Crippen molar-refractivity contribution in [3.63, 3.8) is 0 Å². The molecule has 2 saturated heterocycles. The van der Waals surface area contributed by atoms with Crippen LogP contribution in [0.1, 0.15) is 24.3 Å². The van der Waals surface area contributed by atoms with Crippen molar-refractivity contribution in [3.05, 3.63) is 90.0 Å². The van der Waals surface area contributed by atoms with Crippen molar-refractivity contribution in [2.24, 2.45) is 17.8 Å². The number of carbonyl (C=O) groups excluding carboxylic acids is 4. The number of rotatable bonds is 5. The number of nitrogens with zero attached hydrogens (tertiary/aromatic N) is 2. The van der Waals surface area contributed by atoms with Crippen LogP contribution in [-0.4, -0.2) is 57.5 Å². The molecule has 0 unspecified atom stereocenters. The molecule has 0 radical (unpaired) electrons. The van der Waals surface area contributed by atoms with Gasteiger partial charge < -0.3 is 15.2 Å². The number of carbonyl (C=O) groups is 4. The van der Waals surface area contributed by atoms with Crippen LogP contribution in [-0.2, 0) is 19.2 Å². The summed E-state index contributed by atoms with van der Waals surface area (Å²) in [6.45, 7) is 0. The molecule has 2 heterocycles. The molecule has 9 nitrogen and oxygen atoms in total. The largest absolute Gasteiger partial charge is 0.508 e. The maximum Gasteiger partial charge on any atom is 0.253 e. The van der Waals surface area contributed by atoms with Crippen LogP contribution >= 0.6 is 23.2 Å². The number of fused-ring (bicyclic) bond motifs is 4. The van der Waals surface area contributed by atoms with Gasteiger partial charge in [-0.1, -0.05) is 35.9 Å². The smallest absolute Gasteiger partial charge is 0.253 e.